The Labute approximate surface area is 101 Å². The summed E-state index contributed by atoms with van der Waals surface area (Å²) in [6.07, 6.45) is 1.46. The third-order valence-electron chi connectivity index (χ3n) is 2.21. The summed E-state index contributed by atoms with van der Waals surface area (Å²) >= 11 is 6.03. The fourth-order valence-corrected chi connectivity index (χ4v) is 1.64. The van der Waals surface area contributed by atoms with Gasteiger partial charge in [-0.1, -0.05) is 28.9 Å². The summed E-state index contributed by atoms with van der Waals surface area (Å²) < 4.78 is 4.71. The number of nitrogens with zero attached hydrogens (tertiary/aromatic N) is 3. The molecule has 5 nitrogen and oxygen atoms in total. The molecule has 2 aromatic heterocycles. The highest BCUT2D eigenvalue weighted by Crippen LogP contribution is 2.23. The molecule has 1 aromatic carbocycles. The molecule has 1 N–H and O–H groups in total. The van der Waals surface area contributed by atoms with Crippen LogP contribution in [0.5, 0.6) is 0 Å². The Bertz CT molecular complexity index is 654. The maximum atomic E-state index is 6.03. The number of hydrogen-bond donors (Lipinski definition) is 1. The minimum absolute atomic E-state index is 0.298. The zero-order valence-corrected chi connectivity index (χ0v) is 9.35. The van der Waals surface area contributed by atoms with Gasteiger partial charge in [-0.05, 0) is 12.1 Å². The van der Waals surface area contributed by atoms with E-state index in [0.717, 1.165) is 11.0 Å². The average molecular weight is 247 g/mol. The Morgan fingerprint density at radius 1 is 1.06 bits per heavy atom. The standard InChI is InChI=1S/C11H7ClN4O/c12-10-11(15-9-5-6-17-16-9)14-8-4-2-1-3-7(8)13-10/h1-6H,(H,14,15,16). The topological polar surface area (TPSA) is 63.8 Å². The van der Waals surface area contributed by atoms with Crippen LogP contribution in [0.3, 0.4) is 0 Å². The lowest BCUT2D eigenvalue weighted by molar-refractivity contribution is 0.423. The van der Waals surface area contributed by atoms with E-state index in [9.17, 15) is 0 Å². The van der Waals surface area contributed by atoms with Crippen molar-refractivity contribution >= 4 is 34.3 Å². The molecule has 3 rings (SSSR count). The molecule has 0 spiro atoms. The summed E-state index contributed by atoms with van der Waals surface area (Å²) in [4.78, 5) is 8.60. The lowest BCUT2D eigenvalue weighted by atomic mass is 10.3. The van der Waals surface area contributed by atoms with Crippen LogP contribution < -0.4 is 5.32 Å². The van der Waals surface area contributed by atoms with Crippen molar-refractivity contribution in [1.29, 1.82) is 0 Å². The molecule has 3 aromatic rings. The second kappa shape index (κ2) is 4.03. The molecule has 0 aliphatic rings. The largest absolute Gasteiger partial charge is 0.363 e. The van der Waals surface area contributed by atoms with Gasteiger partial charge >= 0.3 is 0 Å². The van der Waals surface area contributed by atoms with Crippen LogP contribution in [0.25, 0.3) is 11.0 Å². The van der Waals surface area contributed by atoms with Crippen LogP contribution in [0.2, 0.25) is 5.15 Å². The molecule has 0 atom stereocenters. The zero-order chi connectivity index (χ0) is 11.7. The van der Waals surface area contributed by atoms with Gasteiger partial charge in [0.1, 0.15) is 6.26 Å². The van der Waals surface area contributed by atoms with Crippen LogP contribution in [-0.4, -0.2) is 15.1 Å². The summed E-state index contributed by atoms with van der Waals surface area (Å²) in [5.41, 5.74) is 1.52. The first-order valence-electron chi connectivity index (χ1n) is 4.92. The van der Waals surface area contributed by atoms with Crippen molar-refractivity contribution < 1.29 is 4.52 Å². The number of hydrogen-bond acceptors (Lipinski definition) is 5. The highest BCUT2D eigenvalue weighted by Gasteiger charge is 2.07. The molecule has 0 aliphatic carbocycles. The van der Waals surface area contributed by atoms with Crippen LogP contribution in [0.1, 0.15) is 0 Å². The quantitative estimate of drug-likeness (QED) is 0.753. The molecule has 0 saturated heterocycles. The summed E-state index contributed by atoms with van der Waals surface area (Å²) in [6.45, 7) is 0. The number of halogens is 1. The maximum Gasteiger partial charge on any atom is 0.174 e. The van der Waals surface area contributed by atoms with Crippen LogP contribution in [0.15, 0.2) is 41.1 Å². The molecule has 0 saturated carbocycles. The van der Waals surface area contributed by atoms with Gasteiger partial charge in [-0.2, -0.15) is 0 Å². The van der Waals surface area contributed by atoms with Gasteiger partial charge in [-0.3, -0.25) is 0 Å². The van der Waals surface area contributed by atoms with Crippen molar-refractivity contribution in [2.45, 2.75) is 0 Å². The fourth-order valence-electron chi connectivity index (χ4n) is 1.46. The second-order valence-corrected chi connectivity index (χ2v) is 3.72. The highest BCUT2D eigenvalue weighted by atomic mass is 35.5. The van der Waals surface area contributed by atoms with Crippen molar-refractivity contribution in [3.8, 4) is 0 Å². The molecule has 0 fully saturated rings. The Morgan fingerprint density at radius 3 is 2.53 bits per heavy atom. The van der Waals surface area contributed by atoms with E-state index in [1.807, 2.05) is 24.3 Å². The number of fused-ring (bicyclic) bond motifs is 1. The number of rotatable bonds is 2. The van der Waals surface area contributed by atoms with Gasteiger partial charge < -0.3 is 9.84 Å². The lowest BCUT2D eigenvalue weighted by Gasteiger charge is -2.04. The third kappa shape index (κ3) is 1.92. The normalized spacial score (nSPS) is 10.6. The fraction of sp³-hybridized carbons (Fsp3) is 0. The van der Waals surface area contributed by atoms with Gasteiger partial charge in [0.15, 0.2) is 16.8 Å². The van der Waals surface area contributed by atoms with Crippen LogP contribution in [-0.2, 0) is 0 Å². The lowest BCUT2D eigenvalue weighted by Crippen LogP contribution is -1.97. The molecule has 0 radical (unpaired) electrons. The Kier molecular flexibility index (Phi) is 2.38. The maximum absolute atomic E-state index is 6.03. The Balaban J connectivity index is 2.07. The van der Waals surface area contributed by atoms with E-state index in [4.69, 9.17) is 16.1 Å². The Morgan fingerprint density at radius 2 is 1.82 bits per heavy atom. The van der Waals surface area contributed by atoms with E-state index < -0.39 is 0 Å². The first-order valence-corrected chi connectivity index (χ1v) is 5.30. The number of benzene rings is 1. The van der Waals surface area contributed by atoms with Crippen molar-refractivity contribution in [3.63, 3.8) is 0 Å². The van der Waals surface area contributed by atoms with Crippen molar-refractivity contribution in [1.82, 2.24) is 15.1 Å². The predicted octanol–water partition coefficient (Wildman–Crippen LogP) is 3.01. The Hall–Kier alpha value is -2.14. The van der Waals surface area contributed by atoms with Crippen LogP contribution in [0.4, 0.5) is 11.6 Å². The average Bonchev–Trinajstić information content (AvgIpc) is 2.83. The first-order chi connectivity index (χ1) is 8.33. The molecule has 0 aliphatic heterocycles. The molecule has 0 amide bonds. The third-order valence-corrected chi connectivity index (χ3v) is 2.48. The van der Waals surface area contributed by atoms with Crippen molar-refractivity contribution in [2.75, 3.05) is 5.32 Å². The molecule has 2 heterocycles. The summed E-state index contributed by atoms with van der Waals surface area (Å²) in [7, 11) is 0. The number of para-hydroxylation sites is 2. The van der Waals surface area contributed by atoms with Gasteiger partial charge in [-0.25, -0.2) is 9.97 Å². The summed E-state index contributed by atoms with van der Waals surface area (Å²) in [5, 5.41) is 6.95. The van der Waals surface area contributed by atoms with Crippen LogP contribution in [0, 0.1) is 0 Å². The monoisotopic (exact) mass is 246 g/mol. The van der Waals surface area contributed by atoms with E-state index in [-0.39, 0.29) is 0 Å². The van der Waals surface area contributed by atoms with Crippen molar-refractivity contribution in [2.24, 2.45) is 0 Å². The van der Waals surface area contributed by atoms with E-state index in [0.29, 0.717) is 16.8 Å². The summed E-state index contributed by atoms with van der Waals surface area (Å²) in [5.74, 6) is 0.996. The molecule has 84 valence electrons. The minimum atomic E-state index is 0.298. The van der Waals surface area contributed by atoms with E-state index >= 15 is 0 Å². The van der Waals surface area contributed by atoms with E-state index in [1.165, 1.54) is 6.26 Å². The van der Waals surface area contributed by atoms with Crippen molar-refractivity contribution in [3.05, 3.63) is 41.7 Å². The zero-order valence-electron chi connectivity index (χ0n) is 8.59. The number of aromatic nitrogens is 3. The van der Waals surface area contributed by atoms with Gasteiger partial charge in [-0.15, -0.1) is 0 Å². The second-order valence-electron chi connectivity index (χ2n) is 3.36. The molecular weight excluding hydrogens is 240 g/mol. The molecule has 6 heteroatoms. The summed E-state index contributed by atoms with van der Waals surface area (Å²) in [6, 6.07) is 9.18. The number of anilines is 2. The molecule has 0 bridgehead atoms. The molecule has 17 heavy (non-hydrogen) atoms. The highest BCUT2D eigenvalue weighted by molar-refractivity contribution is 6.32. The SMILES string of the molecule is Clc1nc2ccccc2nc1Nc1ccon1. The number of nitrogens with one attached hydrogen (secondary N) is 1. The first kappa shape index (κ1) is 10.0. The smallest absolute Gasteiger partial charge is 0.174 e. The van der Waals surface area contributed by atoms with E-state index in [1.54, 1.807) is 6.07 Å². The molecular formula is C11H7ClN4O. The van der Waals surface area contributed by atoms with Gasteiger partial charge in [0, 0.05) is 6.07 Å². The predicted molar refractivity (Wildman–Crippen MR) is 64.3 cm³/mol. The van der Waals surface area contributed by atoms with Gasteiger partial charge in [0.2, 0.25) is 0 Å². The van der Waals surface area contributed by atoms with Gasteiger partial charge in [0.25, 0.3) is 0 Å². The molecule has 0 unspecified atom stereocenters. The van der Waals surface area contributed by atoms with Crippen LogP contribution >= 0.6 is 11.6 Å². The van der Waals surface area contributed by atoms with E-state index in [2.05, 4.69) is 20.4 Å². The van der Waals surface area contributed by atoms with Gasteiger partial charge in [0.05, 0.1) is 11.0 Å². The minimum Gasteiger partial charge on any atom is -0.363 e.